The molecule has 0 radical (unpaired) electrons. The molecule has 0 aliphatic heterocycles. The van der Waals surface area contributed by atoms with Gasteiger partial charge in [-0.1, -0.05) is 121 Å². The standard InChI is InChI=1S/C42H27NO/c1-3-13-34-28(9-1)11-7-16-35(34)30-19-22-32(23-20-30)43(39-17-8-12-29-10-2-4-14-36(29)39)33-24-25-37-31(27-33)21-26-41-42(37)38-15-5-6-18-40(38)44-41/h1-27H. The summed E-state index contributed by atoms with van der Waals surface area (Å²) in [6.07, 6.45) is 0. The molecule has 0 bridgehead atoms. The largest absolute Gasteiger partial charge is 0.456 e. The van der Waals surface area contributed by atoms with Gasteiger partial charge in [-0.15, -0.1) is 0 Å². The average Bonchev–Trinajstić information content (AvgIpc) is 3.48. The summed E-state index contributed by atoms with van der Waals surface area (Å²) in [6.45, 7) is 0. The van der Waals surface area contributed by atoms with Gasteiger partial charge in [-0.3, -0.25) is 0 Å². The highest BCUT2D eigenvalue weighted by molar-refractivity contribution is 6.19. The molecular formula is C42H27NO. The topological polar surface area (TPSA) is 16.4 Å². The van der Waals surface area contributed by atoms with Crippen LogP contribution in [0.1, 0.15) is 0 Å². The third-order valence-corrected chi connectivity index (χ3v) is 8.83. The lowest BCUT2D eigenvalue weighted by Gasteiger charge is -2.27. The minimum absolute atomic E-state index is 0.918. The second kappa shape index (κ2) is 9.86. The summed E-state index contributed by atoms with van der Waals surface area (Å²) < 4.78 is 6.19. The molecule has 2 nitrogen and oxygen atoms in total. The quantitative estimate of drug-likeness (QED) is 0.212. The molecule has 0 amide bonds. The van der Waals surface area contributed by atoms with Crippen LogP contribution in [0.25, 0.3) is 65.4 Å². The molecule has 0 aliphatic rings. The third-order valence-electron chi connectivity index (χ3n) is 8.83. The zero-order chi connectivity index (χ0) is 29.0. The first-order valence-corrected chi connectivity index (χ1v) is 15.0. The predicted octanol–water partition coefficient (Wildman–Crippen LogP) is 12.2. The van der Waals surface area contributed by atoms with Crippen molar-refractivity contribution in [2.75, 3.05) is 4.90 Å². The Kier molecular flexibility index (Phi) is 5.54. The summed E-state index contributed by atoms with van der Waals surface area (Å²) in [4.78, 5) is 2.38. The van der Waals surface area contributed by atoms with Gasteiger partial charge in [0.2, 0.25) is 0 Å². The van der Waals surface area contributed by atoms with Crippen molar-refractivity contribution >= 4 is 71.3 Å². The number of hydrogen-bond donors (Lipinski definition) is 0. The van der Waals surface area contributed by atoms with Crippen LogP contribution in [0, 0.1) is 0 Å². The molecule has 44 heavy (non-hydrogen) atoms. The lowest BCUT2D eigenvalue weighted by atomic mass is 9.98. The number of rotatable bonds is 4. The van der Waals surface area contributed by atoms with E-state index in [1.165, 1.54) is 48.8 Å². The van der Waals surface area contributed by atoms with Crippen molar-refractivity contribution in [3.63, 3.8) is 0 Å². The third kappa shape index (κ3) is 3.89. The van der Waals surface area contributed by atoms with E-state index in [0.29, 0.717) is 0 Å². The van der Waals surface area contributed by atoms with E-state index >= 15 is 0 Å². The van der Waals surface area contributed by atoms with Crippen molar-refractivity contribution in [1.29, 1.82) is 0 Å². The van der Waals surface area contributed by atoms with E-state index in [2.05, 4.69) is 157 Å². The van der Waals surface area contributed by atoms with E-state index in [0.717, 1.165) is 33.6 Å². The van der Waals surface area contributed by atoms with Crippen LogP contribution in [0.4, 0.5) is 17.1 Å². The minimum atomic E-state index is 0.918. The molecule has 0 spiro atoms. The molecule has 0 saturated heterocycles. The van der Waals surface area contributed by atoms with E-state index in [1.807, 2.05) is 12.1 Å². The molecule has 0 fully saturated rings. The maximum Gasteiger partial charge on any atom is 0.136 e. The summed E-state index contributed by atoms with van der Waals surface area (Å²) >= 11 is 0. The Morgan fingerprint density at radius 2 is 1.05 bits per heavy atom. The molecule has 9 aromatic rings. The maximum absolute atomic E-state index is 6.19. The van der Waals surface area contributed by atoms with Crippen LogP contribution in [0.3, 0.4) is 0 Å². The molecule has 0 atom stereocenters. The fourth-order valence-electron chi connectivity index (χ4n) is 6.78. The zero-order valence-electron chi connectivity index (χ0n) is 23.9. The van der Waals surface area contributed by atoms with Crippen LogP contribution in [0.2, 0.25) is 0 Å². The molecule has 0 aliphatic carbocycles. The number of anilines is 3. The van der Waals surface area contributed by atoms with Crippen LogP contribution in [0.5, 0.6) is 0 Å². The van der Waals surface area contributed by atoms with Crippen molar-refractivity contribution < 1.29 is 4.42 Å². The molecule has 0 N–H and O–H groups in total. The number of fused-ring (bicyclic) bond motifs is 7. The Balaban J connectivity index is 1.24. The van der Waals surface area contributed by atoms with E-state index in [-0.39, 0.29) is 0 Å². The Morgan fingerprint density at radius 3 is 1.89 bits per heavy atom. The molecule has 1 aromatic heterocycles. The number of hydrogen-bond acceptors (Lipinski definition) is 2. The van der Waals surface area contributed by atoms with Gasteiger partial charge in [0.15, 0.2) is 0 Å². The lowest BCUT2D eigenvalue weighted by molar-refractivity contribution is 0.669. The number of nitrogens with zero attached hydrogens (tertiary/aromatic N) is 1. The highest BCUT2D eigenvalue weighted by Crippen LogP contribution is 2.42. The molecule has 8 aromatic carbocycles. The van der Waals surface area contributed by atoms with Gasteiger partial charge < -0.3 is 9.32 Å². The van der Waals surface area contributed by atoms with Crippen molar-refractivity contribution in [3.8, 4) is 11.1 Å². The monoisotopic (exact) mass is 561 g/mol. The van der Waals surface area contributed by atoms with E-state index in [9.17, 15) is 0 Å². The van der Waals surface area contributed by atoms with E-state index < -0.39 is 0 Å². The summed E-state index contributed by atoms with van der Waals surface area (Å²) in [5.74, 6) is 0. The predicted molar refractivity (Wildman–Crippen MR) is 186 cm³/mol. The molecule has 0 unspecified atom stereocenters. The molecule has 2 heteroatoms. The van der Waals surface area contributed by atoms with Crippen molar-refractivity contribution in [2.45, 2.75) is 0 Å². The van der Waals surface area contributed by atoms with Crippen LogP contribution in [0.15, 0.2) is 168 Å². The first kappa shape index (κ1) is 24.7. The molecule has 9 rings (SSSR count). The minimum Gasteiger partial charge on any atom is -0.456 e. The van der Waals surface area contributed by atoms with Gasteiger partial charge >= 0.3 is 0 Å². The van der Waals surface area contributed by atoms with Crippen LogP contribution < -0.4 is 4.90 Å². The van der Waals surface area contributed by atoms with Crippen LogP contribution in [-0.2, 0) is 0 Å². The normalized spacial score (nSPS) is 11.6. The molecule has 1 heterocycles. The number of para-hydroxylation sites is 1. The van der Waals surface area contributed by atoms with Gasteiger partial charge in [0, 0.05) is 27.5 Å². The van der Waals surface area contributed by atoms with Gasteiger partial charge in [0.1, 0.15) is 11.2 Å². The maximum atomic E-state index is 6.19. The first-order valence-electron chi connectivity index (χ1n) is 15.0. The Morgan fingerprint density at radius 1 is 0.386 bits per heavy atom. The second-order valence-electron chi connectivity index (χ2n) is 11.3. The molecular weight excluding hydrogens is 534 g/mol. The summed E-state index contributed by atoms with van der Waals surface area (Å²) in [7, 11) is 0. The SMILES string of the molecule is c1ccc2c(-c3ccc(N(c4ccc5c(ccc6oc7ccccc7c65)c4)c4cccc5ccccc45)cc3)cccc2c1. The molecule has 206 valence electrons. The fourth-order valence-corrected chi connectivity index (χ4v) is 6.78. The summed E-state index contributed by atoms with van der Waals surface area (Å²) in [6, 6.07) is 58.6. The molecule has 0 saturated carbocycles. The van der Waals surface area contributed by atoms with Gasteiger partial charge in [-0.2, -0.15) is 0 Å². The highest BCUT2D eigenvalue weighted by Gasteiger charge is 2.18. The summed E-state index contributed by atoms with van der Waals surface area (Å²) in [5.41, 5.74) is 7.65. The Hall–Kier alpha value is -5.86. The Bertz CT molecular complexity index is 2490. The lowest BCUT2D eigenvalue weighted by Crippen LogP contribution is -2.10. The van der Waals surface area contributed by atoms with Crippen LogP contribution in [-0.4, -0.2) is 0 Å². The van der Waals surface area contributed by atoms with Gasteiger partial charge in [-0.25, -0.2) is 0 Å². The zero-order valence-corrected chi connectivity index (χ0v) is 23.9. The smallest absolute Gasteiger partial charge is 0.136 e. The fraction of sp³-hybridized carbons (Fsp3) is 0. The number of benzene rings is 8. The Labute approximate surface area is 255 Å². The average molecular weight is 562 g/mol. The van der Waals surface area contributed by atoms with E-state index in [1.54, 1.807) is 0 Å². The second-order valence-corrected chi connectivity index (χ2v) is 11.3. The van der Waals surface area contributed by atoms with Gasteiger partial charge in [-0.05, 0) is 80.5 Å². The van der Waals surface area contributed by atoms with Crippen molar-refractivity contribution in [3.05, 3.63) is 164 Å². The number of furan rings is 1. The van der Waals surface area contributed by atoms with Crippen LogP contribution >= 0.6 is 0 Å². The summed E-state index contributed by atoms with van der Waals surface area (Å²) in [5, 5.41) is 9.64. The van der Waals surface area contributed by atoms with E-state index in [4.69, 9.17) is 4.42 Å². The highest BCUT2D eigenvalue weighted by atomic mass is 16.3. The van der Waals surface area contributed by atoms with Crippen molar-refractivity contribution in [2.24, 2.45) is 0 Å². The van der Waals surface area contributed by atoms with Gasteiger partial charge in [0.25, 0.3) is 0 Å². The van der Waals surface area contributed by atoms with Gasteiger partial charge in [0.05, 0.1) is 5.69 Å². The van der Waals surface area contributed by atoms with Crippen molar-refractivity contribution in [1.82, 2.24) is 0 Å². The first-order chi connectivity index (χ1) is 21.8.